The standard InChI is InChI=1S/C32H32ClN5O5/c1-32(28-10-6-20(33)16-34-28)42-27-4-2-3-25(30(27)43-32)37-13-12-36(23-8-9-24(23)37)18-29-35-22-7-5-19(31(39)40)15-26(22)38(29)17-21-11-14-41-21/h2-7,10,15-16,21,23-24H,8-9,11-14,17-18H2,1H3,(H,39,40)/t21-,23+,24+,32-/m0/s1. The van der Waals surface area contributed by atoms with Gasteiger partial charge in [-0.25, -0.2) is 9.78 Å². The van der Waals surface area contributed by atoms with Crippen LogP contribution >= 0.6 is 11.6 Å². The maximum Gasteiger partial charge on any atom is 0.335 e. The molecule has 4 atom stereocenters. The van der Waals surface area contributed by atoms with Crippen LogP contribution in [0.2, 0.25) is 5.02 Å². The second kappa shape index (κ2) is 10.1. The molecule has 2 aromatic carbocycles. The van der Waals surface area contributed by atoms with Crippen molar-refractivity contribution in [2.45, 2.75) is 63.3 Å². The van der Waals surface area contributed by atoms with Crippen molar-refractivity contribution in [1.29, 1.82) is 0 Å². The number of fused-ring (bicyclic) bond motifs is 3. The molecule has 3 aliphatic heterocycles. The minimum absolute atomic E-state index is 0.133. The van der Waals surface area contributed by atoms with Crippen molar-refractivity contribution in [1.82, 2.24) is 19.4 Å². The van der Waals surface area contributed by atoms with Crippen LogP contribution in [0.4, 0.5) is 5.69 Å². The van der Waals surface area contributed by atoms with Crippen molar-refractivity contribution in [2.75, 3.05) is 24.6 Å². The Kier molecular flexibility index (Phi) is 6.29. The molecule has 4 aromatic rings. The number of pyridine rings is 1. The number of halogens is 1. The van der Waals surface area contributed by atoms with E-state index in [9.17, 15) is 9.90 Å². The molecule has 2 aromatic heterocycles. The molecule has 0 spiro atoms. The lowest BCUT2D eigenvalue weighted by molar-refractivity contribution is -0.0717. The number of aromatic carboxylic acids is 1. The number of carbonyl (C=O) groups is 1. The first kappa shape index (κ1) is 26.7. The summed E-state index contributed by atoms with van der Waals surface area (Å²) in [6.45, 7) is 5.74. The molecule has 5 heterocycles. The second-order valence-electron chi connectivity index (χ2n) is 11.9. The maximum absolute atomic E-state index is 11.7. The van der Waals surface area contributed by atoms with E-state index >= 15 is 0 Å². The van der Waals surface area contributed by atoms with Crippen molar-refractivity contribution in [3.63, 3.8) is 0 Å². The third kappa shape index (κ3) is 4.51. The summed E-state index contributed by atoms with van der Waals surface area (Å²) in [5.41, 5.74) is 3.64. The van der Waals surface area contributed by atoms with Gasteiger partial charge in [-0.3, -0.25) is 9.88 Å². The molecule has 1 aliphatic carbocycles. The van der Waals surface area contributed by atoms with E-state index in [1.807, 2.05) is 31.2 Å². The molecule has 4 aliphatic rings. The van der Waals surface area contributed by atoms with Crippen LogP contribution in [0, 0.1) is 0 Å². The first-order valence-electron chi connectivity index (χ1n) is 14.8. The lowest BCUT2D eigenvalue weighted by Crippen LogP contribution is -2.64. The lowest BCUT2D eigenvalue weighted by Gasteiger charge is -2.54. The fraction of sp³-hybridized carbons (Fsp3) is 0.406. The number of imidazole rings is 1. The second-order valence-corrected chi connectivity index (χ2v) is 12.4. The van der Waals surface area contributed by atoms with Gasteiger partial charge in [-0.05, 0) is 61.7 Å². The van der Waals surface area contributed by atoms with Gasteiger partial charge >= 0.3 is 5.97 Å². The SMILES string of the molecule is C[C@]1(c2ccc(Cl)cn2)Oc2cccc(N3CCN(Cc4nc5ccc(C(=O)O)cc5n4C[C@@H]4CCO4)[C@@H]4CC[C@H]43)c2O1. The average Bonchev–Trinajstić information content (AvgIpc) is 3.48. The summed E-state index contributed by atoms with van der Waals surface area (Å²) < 4.78 is 20.8. The highest BCUT2D eigenvalue weighted by atomic mass is 35.5. The largest absolute Gasteiger partial charge is 0.478 e. The highest BCUT2D eigenvalue weighted by Crippen LogP contribution is 2.51. The Bertz CT molecular complexity index is 1720. The Balaban J connectivity index is 1.05. The van der Waals surface area contributed by atoms with Crippen molar-refractivity contribution in [3.05, 3.63) is 76.8 Å². The van der Waals surface area contributed by atoms with Crippen molar-refractivity contribution < 1.29 is 24.1 Å². The number of hydrogen-bond acceptors (Lipinski definition) is 8. The highest BCUT2D eigenvalue weighted by Gasteiger charge is 2.47. The molecule has 10 nitrogen and oxygen atoms in total. The van der Waals surface area contributed by atoms with Gasteiger partial charge in [0.2, 0.25) is 0 Å². The van der Waals surface area contributed by atoms with Crippen LogP contribution in [0.1, 0.15) is 48.1 Å². The van der Waals surface area contributed by atoms with E-state index in [1.54, 1.807) is 24.4 Å². The molecule has 43 heavy (non-hydrogen) atoms. The summed E-state index contributed by atoms with van der Waals surface area (Å²) in [7, 11) is 0. The third-order valence-corrected chi connectivity index (χ3v) is 9.58. The van der Waals surface area contributed by atoms with Gasteiger partial charge in [0.05, 0.1) is 46.5 Å². The van der Waals surface area contributed by atoms with Gasteiger partial charge in [0.1, 0.15) is 11.5 Å². The zero-order valence-corrected chi connectivity index (χ0v) is 24.5. The van der Waals surface area contributed by atoms with E-state index in [2.05, 4.69) is 25.4 Å². The number of rotatable bonds is 7. The molecule has 2 saturated heterocycles. The summed E-state index contributed by atoms with van der Waals surface area (Å²) >= 11 is 6.07. The predicted octanol–water partition coefficient (Wildman–Crippen LogP) is 5.07. The molecule has 0 bridgehead atoms. The van der Waals surface area contributed by atoms with Gasteiger partial charge in [0.15, 0.2) is 11.5 Å². The molecular formula is C32H32ClN5O5. The number of hydrogen-bond donors (Lipinski definition) is 1. The number of anilines is 1. The summed E-state index contributed by atoms with van der Waals surface area (Å²) in [6, 6.07) is 15.6. The molecule has 11 heteroatoms. The average molecular weight is 602 g/mol. The Morgan fingerprint density at radius 1 is 1.09 bits per heavy atom. The first-order chi connectivity index (χ1) is 20.9. The van der Waals surface area contributed by atoms with Crippen LogP contribution in [0.5, 0.6) is 11.5 Å². The van der Waals surface area contributed by atoms with Gasteiger partial charge in [0, 0.05) is 44.9 Å². The van der Waals surface area contributed by atoms with Gasteiger partial charge in [-0.1, -0.05) is 17.7 Å². The number of benzene rings is 2. The van der Waals surface area contributed by atoms with Crippen LogP contribution in [-0.4, -0.2) is 68.4 Å². The minimum atomic E-state index is -1.03. The number of carboxylic acids is 1. The Morgan fingerprint density at radius 3 is 2.67 bits per heavy atom. The molecule has 3 fully saturated rings. The van der Waals surface area contributed by atoms with E-state index in [1.165, 1.54) is 0 Å². The fourth-order valence-corrected chi connectivity index (χ4v) is 6.96. The van der Waals surface area contributed by atoms with Crippen LogP contribution in [0.3, 0.4) is 0 Å². The number of ether oxygens (including phenoxy) is 3. The van der Waals surface area contributed by atoms with E-state index < -0.39 is 11.8 Å². The van der Waals surface area contributed by atoms with Gasteiger partial charge in [0.25, 0.3) is 5.79 Å². The van der Waals surface area contributed by atoms with Crippen molar-refractivity contribution in [2.24, 2.45) is 0 Å². The first-order valence-corrected chi connectivity index (χ1v) is 15.2. The summed E-state index contributed by atoms with van der Waals surface area (Å²) in [5, 5.41) is 10.2. The van der Waals surface area contributed by atoms with E-state index in [0.29, 0.717) is 41.6 Å². The quantitative estimate of drug-likeness (QED) is 0.311. The molecule has 0 unspecified atom stereocenters. The Labute approximate surface area is 253 Å². The monoisotopic (exact) mass is 601 g/mol. The van der Waals surface area contributed by atoms with E-state index in [0.717, 1.165) is 67.3 Å². The summed E-state index contributed by atoms with van der Waals surface area (Å²) in [6.07, 6.45) is 4.94. The molecule has 1 N–H and O–H groups in total. The molecule has 1 saturated carbocycles. The summed E-state index contributed by atoms with van der Waals surface area (Å²) in [4.78, 5) is 26.2. The van der Waals surface area contributed by atoms with Crippen LogP contribution in [0.15, 0.2) is 54.7 Å². The van der Waals surface area contributed by atoms with Gasteiger partial charge < -0.3 is 28.8 Å². The topological polar surface area (TPSA) is 102 Å². The van der Waals surface area contributed by atoms with Crippen LogP contribution < -0.4 is 14.4 Å². The molecule has 8 rings (SSSR count). The zero-order chi connectivity index (χ0) is 29.3. The van der Waals surface area contributed by atoms with Crippen LogP contribution in [0.25, 0.3) is 11.0 Å². The molecule has 222 valence electrons. The van der Waals surface area contributed by atoms with Gasteiger partial charge in [-0.15, -0.1) is 0 Å². The molecule has 0 amide bonds. The molecule has 0 radical (unpaired) electrons. The number of para-hydroxylation sites is 1. The van der Waals surface area contributed by atoms with E-state index in [-0.39, 0.29) is 11.7 Å². The Morgan fingerprint density at radius 2 is 1.95 bits per heavy atom. The van der Waals surface area contributed by atoms with Crippen molar-refractivity contribution in [3.8, 4) is 11.5 Å². The highest BCUT2D eigenvalue weighted by molar-refractivity contribution is 6.30. The number of piperazine rings is 1. The normalized spacial score (nSPS) is 26.2. The smallest absolute Gasteiger partial charge is 0.335 e. The predicted molar refractivity (Wildman–Crippen MR) is 160 cm³/mol. The number of carboxylic acid groups (broad SMARTS) is 1. The zero-order valence-electron chi connectivity index (χ0n) is 23.8. The Hall–Kier alpha value is -3.86. The van der Waals surface area contributed by atoms with E-state index in [4.69, 9.17) is 30.8 Å². The lowest BCUT2D eigenvalue weighted by atomic mass is 9.81. The fourth-order valence-electron chi connectivity index (χ4n) is 6.85. The number of aromatic nitrogens is 3. The van der Waals surface area contributed by atoms with Crippen molar-refractivity contribution >= 4 is 34.3 Å². The minimum Gasteiger partial charge on any atom is -0.478 e. The maximum atomic E-state index is 11.7. The van der Waals surface area contributed by atoms with Crippen LogP contribution in [-0.2, 0) is 23.6 Å². The third-order valence-electron chi connectivity index (χ3n) is 9.36. The molecular weight excluding hydrogens is 570 g/mol. The van der Waals surface area contributed by atoms with Gasteiger partial charge in [-0.2, -0.15) is 0 Å². The summed E-state index contributed by atoms with van der Waals surface area (Å²) in [5.74, 6) is 0.444. The number of nitrogens with zero attached hydrogens (tertiary/aromatic N) is 5.